The van der Waals surface area contributed by atoms with Crippen molar-refractivity contribution in [2.45, 2.75) is 53.4 Å². The summed E-state index contributed by atoms with van der Waals surface area (Å²) in [7, 11) is 0. The molecule has 2 rings (SSSR count). The lowest BCUT2D eigenvalue weighted by Crippen LogP contribution is -2.15. The lowest BCUT2D eigenvalue weighted by atomic mass is 10.1. The minimum atomic E-state index is -0.0441. The number of nitrogens with zero attached hydrogens (tertiary/aromatic N) is 2. The van der Waals surface area contributed by atoms with Gasteiger partial charge in [-0.2, -0.15) is 5.10 Å². The molecule has 0 N–H and O–H groups in total. The van der Waals surface area contributed by atoms with Crippen molar-refractivity contribution in [3.8, 4) is 0 Å². The second kappa shape index (κ2) is 6.70. The number of rotatable bonds is 5. The molecule has 0 bridgehead atoms. The van der Waals surface area contributed by atoms with Crippen LogP contribution < -0.4 is 0 Å². The van der Waals surface area contributed by atoms with E-state index in [0.29, 0.717) is 5.56 Å². The van der Waals surface area contributed by atoms with Crippen molar-refractivity contribution < 1.29 is 4.79 Å². The smallest absolute Gasteiger partial charge is 0.267 e. The van der Waals surface area contributed by atoms with E-state index in [0.717, 1.165) is 29.8 Å². The van der Waals surface area contributed by atoms with Crippen LogP contribution in [0.15, 0.2) is 24.3 Å². The molecule has 0 aliphatic carbocycles. The summed E-state index contributed by atoms with van der Waals surface area (Å²) in [6.45, 7) is 8.20. The summed E-state index contributed by atoms with van der Waals surface area (Å²) >= 11 is 0. The van der Waals surface area contributed by atoms with Crippen LogP contribution in [-0.4, -0.2) is 15.7 Å². The highest BCUT2D eigenvalue weighted by atomic mass is 16.2. The van der Waals surface area contributed by atoms with Gasteiger partial charge in [0.05, 0.1) is 5.69 Å². The Hall–Kier alpha value is -1.90. The fraction of sp³-hybridized carbons (Fsp3) is 0.444. The monoisotopic (exact) mass is 284 g/mol. The molecule has 0 aliphatic heterocycles. The van der Waals surface area contributed by atoms with Gasteiger partial charge in [-0.3, -0.25) is 4.79 Å². The van der Waals surface area contributed by atoms with Crippen molar-refractivity contribution in [3.63, 3.8) is 0 Å². The number of hydrogen-bond acceptors (Lipinski definition) is 2. The van der Waals surface area contributed by atoms with E-state index in [2.05, 4.69) is 12.0 Å². The van der Waals surface area contributed by atoms with Crippen LogP contribution in [0.5, 0.6) is 0 Å². The maximum atomic E-state index is 12.6. The summed E-state index contributed by atoms with van der Waals surface area (Å²) in [4.78, 5) is 12.6. The molecule has 0 radical (unpaired) electrons. The first-order valence-corrected chi connectivity index (χ1v) is 7.71. The standard InChI is InChI=1S/C18H24N2O/c1-5-6-7-8-17-14(3)19-20(15(17)4)18(21)16-11-9-13(2)10-12-16/h9-12H,5-8H2,1-4H3. The van der Waals surface area contributed by atoms with Gasteiger partial charge >= 0.3 is 0 Å². The van der Waals surface area contributed by atoms with Crippen LogP contribution in [0.3, 0.4) is 0 Å². The van der Waals surface area contributed by atoms with Crippen LogP contribution in [0.4, 0.5) is 0 Å². The minimum Gasteiger partial charge on any atom is -0.267 e. The van der Waals surface area contributed by atoms with Crippen LogP contribution in [0.1, 0.15) is 59.1 Å². The summed E-state index contributed by atoms with van der Waals surface area (Å²) in [5.74, 6) is -0.0441. The molecular formula is C18H24N2O. The number of benzene rings is 1. The molecule has 21 heavy (non-hydrogen) atoms. The van der Waals surface area contributed by atoms with Gasteiger partial charge in [-0.25, -0.2) is 4.68 Å². The Labute approximate surface area is 127 Å². The van der Waals surface area contributed by atoms with Gasteiger partial charge < -0.3 is 0 Å². The second-order valence-electron chi connectivity index (χ2n) is 5.69. The normalized spacial score (nSPS) is 10.9. The van der Waals surface area contributed by atoms with Gasteiger partial charge in [0.2, 0.25) is 0 Å². The molecule has 0 aliphatic rings. The molecule has 0 fully saturated rings. The average Bonchev–Trinajstić information content (AvgIpc) is 2.75. The third-order valence-corrected chi connectivity index (χ3v) is 3.96. The highest BCUT2D eigenvalue weighted by molar-refractivity contribution is 5.95. The van der Waals surface area contributed by atoms with Crippen molar-refractivity contribution in [1.29, 1.82) is 0 Å². The second-order valence-corrected chi connectivity index (χ2v) is 5.69. The zero-order valence-electron chi connectivity index (χ0n) is 13.4. The van der Waals surface area contributed by atoms with Crippen LogP contribution >= 0.6 is 0 Å². The molecule has 0 amide bonds. The Morgan fingerprint density at radius 1 is 1.10 bits per heavy atom. The van der Waals surface area contributed by atoms with Gasteiger partial charge in [0.15, 0.2) is 0 Å². The first-order chi connectivity index (χ1) is 10.0. The van der Waals surface area contributed by atoms with E-state index in [1.807, 2.05) is 45.0 Å². The van der Waals surface area contributed by atoms with Crippen molar-refractivity contribution in [2.75, 3.05) is 0 Å². The van der Waals surface area contributed by atoms with Gasteiger partial charge in [0.1, 0.15) is 0 Å². The zero-order chi connectivity index (χ0) is 15.4. The molecule has 112 valence electrons. The first-order valence-electron chi connectivity index (χ1n) is 7.71. The fourth-order valence-electron chi connectivity index (χ4n) is 2.60. The molecule has 3 nitrogen and oxygen atoms in total. The number of hydrogen-bond donors (Lipinski definition) is 0. The van der Waals surface area contributed by atoms with Crippen LogP contribution in [0.25, 0.3) is 0 Å². The molecule has 1 heterocycles. The average molecular weight is 284 g/mol. The molecule has 1 aromatic heterocycles. The molecule has 2 aromatic rings. The number of aromatic nitrogens is 2. The van der Waals surface area contributed by atoms with Gasteiger partial charge in [-0.05, 0) is 51.3 Å². The lowest BCUT2D eigenvalue weighted by Gasteiger charge is -2.05. The zero-order valence-corrected chi connectivity index (χ0v) is 13.4. The largest absolute Gasteiger partial charge is 0.278 e. The van der Waals surface area contributed by atoms with E-state index in [4.69, 9.17) is 0 Å². The number of carbonyl (C=O) groups excluding carboxylic acids is 1. The maximum Gasteiger partial charge on any atom is 0.278 e. The minimum absolute atomic E-state index is 0.0441. The molecule has 0 saturated carbocycles. The third kappa shape index (κ3) is 3.41. The number of aryl methyl sites for hydroxylation is 2. The number of unbranched alkanes of at least 4 members (excludes halogenated alkanes) is 2. The summed E-state index contributed by atoms with van der Waals surface area (Å²) < 4.78 is 1.56. The lowest BCUT2D eigenvalue weighted by molar-refractivity contribution is 0.0942. The SMILES string of the molecule is CCCCCc1c(C)nn(C(=O)c2ccc(C)cc2)c1C. The third-order valence-electron chi connectivity index (χ3n) is 3.96. The van der Waals surface area contributed by atoms with Crippen LogP contribution in [0.2, 0.25) is 0 Å². The van der Waals surface area contributed by atoms with E-state index < -0.39 is 0 Å². The van der Waals surface area contributed by atoms with Crippen LogP contribution in [0, 0.1) is 20.8 Å². The van der Waals surface area contributed by atoms with E-state index >= 15 is 0 Å². The van der Waals surface area contributed by atoms with Crippen molar-refractivity contribution in [2.24, 2.45) is 0 Å². The summed E-state index contributed by atoms with van der Waals surface area (Å²) in [5, 5.41) is 4.45. The van der Waals surface area contributed by atoms with E-state index in [1.54, 1.807) is 4.68 Å². The first kappa shape index (κ1) is 15.5. The Kier molecular flexibility index (Phi) is 4.94. The molecule has 0 saturated heterocycles. The molecule has 0 spiro atoms. The Balaban J connectivity index is 2.26. The molecular weight excluding hydrogens is 260 g/mol. The summed E-state index contributed by atoms with van der Waals surface area (Å²) in [6.07, 6.45) is 4.58. The molecule has 0 unspecified atom stereocenters. The molecule has 3 heteroatoms. The highest BCUT2D eigenvalue weighted by Crippen LogP contribution is 2.18. The number of carbonyl (C=O) groups is 1. The van der Waals surface area contributed by atoms with Gasteiger partial charge in [0.25, 0.3) is 5.91 Å². The fourth-order valence-corrected chi connectivity index (χ4v) is 2.60. The van der Waals surface area contributed by atoms with Crippen LogP contribution in [-0.2, 0) is 6.42 Å². The van der Waals surface area contributed by atoms with E-state index in [1.165, 1.54) is 18.4 Å². The topological polar surface area (TPSA) is 34.9 Å². The van der Waals surface area contributed by atoms with E-state index in [9.17, 15) is 4.79 Å². The van der Waals surface area contributed by atoms with Crippen molar-refractivity contribution in [1.82, 2.24) is 9.78 Å². The molecule has 1 aromatic carbocycles. The van der Waals surface area contributed by atoms with Gasteiger partial charge in [-0.15, -0.1) is 0 Å². The predicted octanol–water partition coefficient (Wildman–Crippen LogP) is 4.23. The van der Waals surface area contributed by atoms with E-state index in [-0.39, 0.29) is 5.91 Å². The quantitative estimate of drug-likeness (QED) is 0.770. The predicted molar refractivity (Wildman–Crippen MR) is 85.8 cm³/mol. The summed E-state index contributed by atoms with van der Waals surface area (Å²) in [6, 6.07) is 7.65. The maximum absolute atomic E-state index is 12.6. The van der Waals surface area contributed by atoms with Gasteiger partial charge in [0, 0.05) is 11.3 Å². The highest BCUT2D eigenvalue weighted by Gasteiger charge is 2.17. The Morgan fingerprint density at radius 2 is 1.76 bits per heavy atom. The van der Waals surface area contributed by atoms with Gasteiger partial charge in [-0.1, -0.05) is 37.5 Å². The Bertz CT molecular complexity index is 623. The Morgan fingerprint density at radius 3 is 2.38 bits per heavy atom. The van der Waals surface area contributed by atoms with Crippen molar-refractivity contribution >= 4 is 5.91 Å². The molecule has 0 atom stereocenters. The summed E-state index contributed by atoms with van der Waals surface area (Å²) in [5.41, 5.74) is 5.02. The van der Waals surface area contributed by atoms with Crippen molar-refractivity contribution in [3.05, 3.63) is 52.3 Å².